The molecule has 1 unspecified atom stereocenters. The van der Waals surface area contributed by atoms with E-state index in [0.29, 0.717) is 11.4 Å². The minimum Gasteiger partial charge on any atom is -0.480 e. The Labute approximate surface area is 129 Å². The first-order chi connectivity index (χ1) is 10.4. The van der Waals surface area contributed by atoms with E-state index < -0.39 is 17.8 Å². The van der Waals surface area contributed by atoms with E-state index in [1.807, 2.05) is 32.0 Å². The molecule has 0 bridgehead atoms. The number of nitrogens with one attached hydrogen (secondary N) is 1. The van der Waals surface area contributed by atoms with Gasteiger partial charge in [-0.25, -0.2) is 4.39 Å². The Morgan fingerprint density at radius 1 is 1.23 bits per heavy atom. The lowest BCUT2D eigenvalue weighted by molar-refractivity contribution is -0.122. The molecule has 2 rings (SSSR count). The molecule has 5 heteroatoms. The highest BCUT2D eigenvalue weighted by Gasteiger charge is 2.18. The summed E-state index contributed by atoms with van der Waals surface area (Å²) >= 11 is 0. The first kappa shape index (κ1) is 15.8. The Morgan fingerprint density at radius 3 is 2.50 bits per heavy atom. The lowest BCUT2D eigenvalue weighted by Gasteiger charge is -2.18. The topological polar surface area (TPSA) is 64.3 Å². The fourth-order valence-electron chi connectivity index (χ4n) is 2.09. The number of carbonyl (C=O) groups excluding carboxylic acids is 1. The number of anilines is 2. The molecular weight excluding hydrogens is 283 g/mol. The Balaban J connectivity index is 2.11. The summed E-state index contributed by atoms with van der Waals surface area (Å²) in [5.41, 5.74) is 7.89. The summed E-state index contributed by atoms with van der Waals surface area (Å²) < 4.78 is 19.4. The standard InChI is InChI=1S/C17H19FN2O2/c1-10-5-4-6-11(2)16(10)22-12(3)17(21)20-15-9-13(19)7-8-14(15)18/h4-9,12H,19H2,1-3H3,(H,20,21). The summed E-state index contributed by atoms with van der Waals surface area (Å²) in [7, 11) is 0. The van der Waals surface area contributed by atoms with Gasteiger partial charge in [0.1, 0.15) is 11.6 Å². The summed E-state index contributed by atoms with van der Waals surface area (Å²) in [4.78, 5) is 12.2. The molecule has 22 heavy (non-hydrogen) atoms. The van der Waals surface area contributed by atoms with Gasteiger partial charge >= 0.3 is 0 Å². The van der Waals surface area contributed by atoms with Crippen LogP contribution in [0.1, 0.15) is 18.1 Å². The molecule has 3 N–H and O–H groups in total. The second-order valence-corrected chi connectivity index (χ2v) is 5.21. The zero-order valence-electron chi connectivity index (χ0n) is 12.8. The van der Waals surface area contributed by atoms with Crippen molar-refractivity contribution in [2.75, 3.05) is 11.1 Å². The number of hydrogen-bond acceptors (Lipinski definition) is 3. The predicted octanol–water partition coefficient (Wildman–Crippen LogP) is 3.43. The van der Waals surface area contributed by atoms with Crippen LogP contribution in [0.25, 0.3) is 0 Å². The number of halogens is 1. The first-order valence-corrected chi connectivity index (χ1v) is 6.97. The van der Waals surface area contributed by atoms with Crippen LogP contribution in [0.4, 0.5) is 15.8 Å². The average Bonchev–Trinajstić information content (AvgIpc) is 2.46. The number of rotatable bonds is 4. The van der Waals surface area contributed by atoms with Gasteiger partial charge in [-0.3, -0.25) is 4.79 Å². The van der Waals surface area contributed by atoms with E-state index >= 15 is 0 Å². The summed E-state index contributed by atoms with van der Waals surface area (Å²) in [5.74, 6) is -0.313. The number of hydrogen-bond donors (Lipinski definition) is 2. The molecule has 0 aromatic heterocycles. The van der Waals surface area contributed by atoms with Gasteiger partial charge in [-0.1, -0.05) is 18.2 Å². The van der Waals surface area contributed by atoms with Crippen LogP contribution in [0.3, 0.4) is 0 Å². The van der Waals surface area contributed by atoms with Gasteiger partial charge in [-0.05, 0) is 50.1 Å². The first-order valence-electron chi connectivity index (χ1n) is 6.97. The minimum atomic E-state index is -0.763. The summed E-state index contributed by atoms with van der Waals surface area (Å²) in [5, 5.41) is 2.49. The van der Waals surface area contributed by atoms with Crippen molar-refractivity contribution < 1.29 is 13.9 Å². The number of amides is 1. The molecule has 0 radical (unpaired) electrons. The monoisotopic (exact) mass is 302 g/mol. The van der Waals surface area contributed by atoms with Gasteiger partial charge in [-0.15, -0.1) is 0 Å². The number of benzene rings is 2. The van der Waals surface area contributed by atoms with Crippen molar-refractivity contribution in [1.29, 1.82) is 0 Å². The van der Waals surface area contributed by atoms with Crippen molar-refractivity contribution in [3.8, 4) is 5.75 Å². The van der Waals surface area contributed by atoms with Crippen LogP contribution in [0.5, 0.6) is 5.75 Å². The molecule has 0 saturated heterocycles. The van der Waals surface area contributed by atoms with Gasteiger partial charge in [-0.2, -0.15) is 0 Å². The normalized spacial score (nSPS) is 11.8. The van der Waals surface area contributed by atoms with Gasteiger partial charge < -0.3 is 15.8 Å². The highest BCUT2D eigenvalue weighted by Crippen LogP contribution is 2.24. The van der Waals surface area contributed by atoms with Crippen molar-refractivity contribution in [3.05, 3.63) is 53.3 Å². The largest absolute Gasteiger partial charge is 0.480 e. The van der Waals surface area contributed by atoms with Crippen molar-refractivity contribution in [1.82, 2.24) is 0 Å². The molecule has 0 aliphatic heterocycles. The zero-order chi connectivity index (χ0) is 16.3. The van der Waals surface area contributed by atoms with Crippen LogP contribution in [0.15, 0.2) is 36.4 Å². The minimum absolute atomic E-state index is 0.0435. The second-order valence-electron chi connectivity index (χ2n) is 5.21. The zero-order valence-corrected chi connectivity index (χ0v) is 12.8. The third-order valence-corrected chi connectivity index (χ3v) is 3.32. The summed E-state index contributed by atoms with van der Waals surface area (Å²) in [6, 6.07) is 9.75. The van der Waals surface area contributed by atoms with E-state index in [-0.39, 0.29) is 5.69 Å². The van der Waals surface area contributed by atoms with Gasteiger partial charge in [0, 0.05) is 5.69 Å². The molecule has 116 valence electrons. The maximum Gasteiger partial charge on any atom is 0.265 e. The maximum atomic E-state index is 13.6. The fourth-order valence-corrected chi connectivity index (χ4v) is 2.09. The van der Waals surface area contributed by atoms with E-state index in [0.717, 1.165) is 11.1 Å². The number of nitrogens with two attached hydrogens (primary N) is 1. The highest BCUT2D eigenvalue weighted by molar-refractivity contribution is 5.94. The smallest absolute Gasteiger partial charge is 0.265 e. The van der Waals surface area contributed by atoms with E-state index in [1.165, 1.54) is 18.2 Å². The van der Waals surface area contributed by atoms with Crippen molar-refractivity contribution >= 4 is 17.3 Å². The molecule has 2 aromatic carbocycles. The van der Waals surface area contributed by atoms with E-state index in [4.69, 9.17) is 10.5 Å². The second kappa shape index (κ2) is 6.47. The van der Waals surface area contributed by atoms with Crippen LogP contribution in [-0.4, -0.2) is 12.0 Å². The van der Waals surface area contributed by atoms with Crippen LogP contribution < -0.4 is 15.8 Å². The highest BCUT2D eigenvalue weighted by atomic mass is 19.1. The number of nitrogen functional groups attached to an aromatic ring is 1. The molecule has 0 aliphatic rings. The third kappa shape index (κ3) is 3.55. The van der Waals surface area contributed by atoms with E-state index in [1.54, 1.807) is 6.92 Å². The van der Waals surface area contributed by atoms with Crippen LogP contribution in [0.2, 0.25) is 0 Å². The number of carbonyl (C=O) groups is 1. The number of ether oxygens (including phenoxy) is 1. The molecule has 1 amide bonds. The van der Waals surface area contributed by atoms with Gasteiger partial charge in [0.2, 0.25) is 0 Å². The average molecular weight is 302 g/mol. The maximum absolute atomic E-state index is 13.6. The predicted molar refractivity (Wildman–Crippen MR) is 85.4 cm³/mol. The quantitative estimate of drug-likeness (QED) is 0.850. The Bertz CT molecular complexity index is 681. The summed E-state index contributed by atoms with van der Waals surface area (Å²) in [6.07, 6.45) is -0.763. The fraction of sp³-hybridized carbons (Fsp3) is 0.235. The summed E-state index contributed by atoms with van der Waals surface area (Å²) in [6.45, 7) is 5.43. The molecule has 0 heterocycles. The third-order valence-electron chi connectivity index (χ3n) is 3.32. The van der Waals surface area contributed by atoms with Crippen LogP contribution in [-0.2, 0) is 4.79 Å². The Kier molecular flexibility index (Phi) is 4.65. The molecule has 0 fully saturated rings. The molecule has 0 aliphatic carbocycles. The molecule has 0 saturated carbocycles. The number of aryl methyl sites for hydroxylation is 2. The van der Waals surface area contributed by atoms with Gasteiger partial charge in [0.25, 0.3) is 5.91 Å². The molecule has 4 nitrogen and oxygen atoms in total. The van der Waals surface area contributed by atoms with Gasteiger partial charge in [0.15, 0.2) is 6.10 Å². The molecule has 2 aromatic rings. The van der Waals surface area contributed by atoms with Crippen molar-refractivity contribution in [2.45, 2.75) is 26.9 Å². The van der Waals surface area contributed by atoms with Crippen molar-refractivity contribution in [2.24, 2.45) is 0 Å². The molecule has 0 spiro atoms. The Morgan fingerprint density at radius 2 is 1.86 bits per heavy atom. The van der Waals surface area contributed by atoms with Crippen molar-refractivity contribution in [3.63, 3.8) is 0 Å². The van der Waals surface area contributed by atoms with Gasteiger partial charge in [0.05, 0.1) is 5.69 Å². The van der Waals surface area contributed by atoms with E-state index in [9.17, 15) is 9.18 Å². The number of para-hydroxylation sites is 1. The molecule has 1 atom stereocenters. The molecular formula is C17H19FN2O2. The SMILES string of the molecule is Cc1cccc(C)c1OC(C)C(=O)Nc1cc(N)ccc1F. The lowest BCUT2D eigenvalue weighted by atomic mass is 10.1. The Hall–Kier alpha value is -2.56. The van der Waals surface area contributed by atoms with Crippen LogP contribution >= 0.6 is 0 Å². The van der Waals surface area contributed by atoms with E-state index in [2.05, 4.69) is 5.32 Å². The lowest BCUT2D eigenvalue weighted by Crippen LogP contribution is -2.31. The van der Waals surface area contributed by atoms with Crippen LogP contribution in [0, 0.1) is 19.7 Å².